The van der Waals surface area contributed by atoms with Gasteiger partial charge < -0.3 is 5.32 Å². The molecule has 1 amide bonds. The second kappa shape index (κ2) is 6.43. The predicted octanol–water partition coefficient (Wildman–Crippen LogP) is 2.63. The van der Waals surface area contributed by atoms with Crippen molar-refractivity contribution in [1.29, 1.82) is 0 Å². The third-order valence-electron chi connectivity index (χ3n) is 2.73. The predicted molar refractivity (Wildman–Crippen MR) is 76.5 cm³/mol. The van der Waals surface area contributed by atoms with Crippen molar-refractivity contribution in [2.45, 2.75) is 26.2 Å². The van der Waals surface area contributed by atoms with Crippen molar-refractivity contribution in [2.75, 3.05) is 6.54 Å². The molecule has 0 spiro atoms. The molecule has 0 aliphatic rings. The molecule has 0 bridgehead atoms. The van der Waals surface area contributed by atoms with Gasteiger partial charge in [-0.2, -0.15) is 0 Å². The number of hydrogen-bond acceptors (Lipinski definition) is 4. The summed E-state index contributed by atoms with van der Waals surface area (Å²) < 4.78 is 0. The van der Waals surface area contributed by atoms with Crippen LogP contribution in [-0.4, -0.2) is 22.4 Å². The van der Waals surface area contributed by atoms with Crippen molar-refractivity contribution >= 4 is 17.2 Å². The van der Waals surface area contributed by atoms with E-state index in [4.69, 9.17) is 0 Å². The molecule has 0 saturated heterocycles. The van der Waals surface area contributed by atoms with E-state index >= 15 is 0 Å². The largest absolute Gasteiger partial charge is 0.350 e. The molecular weight excluding hydrogens is 258 g/mol. The highest BCUT2D eigenvalue weighted by molar-refractivity contribution is 7.11. The van der Waals surface area contributed by atoms with E-state index in [0.717, 1.165) is 17.7 Å². The Bertz CT molecular complexity index is 537. The van der Waals surface area contributed by atoms with Crippen molar-refractivity contribution in [3.63, 3.8) is 0 Å². The molecule has 0 radical (unpaired) electrons. The van der Waals surface area contributed by atoms with Crippen LogP contribution in [0, 0.1) is 0 Å². The van der Waals surface area contributed by atoms with Crippen molar-refractivity contribution in [3.05, 3.63) is 46.2 Å². The number of thiazole rings is 1. The van der Waals surface area contributed by atoms with Crippen LogP contribution in [0.4, 0.5) is 0 Å². The second-order valence-electron chi connectivity index (χ2n) is 4.60. The van der Waals surface area contributed by atoms with Crippen LogP contribution >= 0.6 is 11.3 Å². The average molecular weight is 275 g/mol. The van der Waals surface area contributed by atoms with Gasteiger partial charge in [0.25, 0.3) is 5.91 Å². The molecule has 0 aromatic carbocycles. The minimum absolute atomic E-state index is 0.0965. The number of carbonyl (C=O) groups excluding carboxylic acids is 1. The lowest BCUT2D eigenvalue weighted by molar-refractivity contribution is 0.0953. The topological polar surface area (TPSA) is 54.9 Å². The van der Waals surface area contributed by atoms with E-state index in [2.05, 4.69) is 29.1 Å². The molecule has 1 N–H and O–H groups in total. The molecule has 2 rings (SSSR count). The smallest absolute Gasteiger partial charge is 0.280 e. The average Bonchev–Trinajstić information content (AvgIpc) is 2.89. The first-order chi connectivity index (χ1) is 9.16. The monoisotopic (exact) mass is 275 g/mol. The molecule has 0 fully saturated rings. The summed E-state index contributed by atoms with van der Waals surface area (Å²) in [5.41, 5.74) is 2.09. The highest BCUT2D eigenvalue weighted by atomic mass is 32.1. The first-order valence-corrected chi connectivity index (χ1v) is 7.17. The lowest BCUT2D eigenvalue weighted by Gasteiger charge is -2.03. The number of pyridine rings is 1. The number of carbonyl (C=O) groups is 1. The Morgan fingerprint density at radius 1 is 1.47 bits per heavy atom. The maximum Gasteiger partial charge on any atom is 0.280 e. The zero-order valence-electron chi connectivity index (χ0n) is 11.1. The number of hydrogen-bond donors (Lipinski definition) is 1. The number of rotatable bonds is 5. The van der Waals surface area contributed by atoms with Gasteiger partial charge in [0.15, 0.2) is 5.01 Å². The maximum atomic E-state index is 11.9. The molecule has 0 saturated carbocycles. The molecule has 19 heavy (non-hydrogen) atoms. The van der Waals surface area contributed by atoms with Gasteiger partial charge in [0, 0.05) is 24.3 Å². The molecule has 100 valence electrons. The lowest BCUT2D eigenvalue weighted by Crippen LogP contribution is -2.25. The molecule has 0 unspecified atom stereocenters. The van der Waals surface area contributed by atoms with Crippen LogP contribution < -0.4 is 5.32 Å². The Hall–Kier alpha value is -1.75. The van der Waals surface area contributed by atoms with Gasteiger partial charge in [-0.1, -0.05) is 19.9 Å². The normalized spacial score (nSPS) is 10.7. The van der Waals surface area contributed by atoms with Gasteiger partial charge in [0.2, 0.25) is 0 Å². The quantitative estimate of drug-likeness (QED) is 0.912. The molecule has 2 aromatic rings. The number of aromatic nitrogens is 2. The SMILES string of the molecule is CC(C)c1csc(C(=O)NCCc2cccnc2)n1. The standard InChI is InChI=1S/C14H17N3OS/c1-10(2)12-9-19-14(17-12)13(18)16-7-5-11-4-3-6-15-8-11/h3-4,6,8-10H,5,7H2,1-2H3,(H,16,18). The molecule has 0 atom stereocenters. The zero-order valence-corrected chi connectivity index (χ0v) is 11.9. The highest BCUT2D eigenvalue weighted by Gasteiger charge is 2.12. The summed E-state index contributed by atoms with van der Waals surface area (Å²) in [6.45, 7) is 4.74. The summed E-state index contributed by atoms with van der Waals surface area (Å²) in [6.07, 6.45) is 4.33. The summed E-state index contributed by atoms with van der Waals surface area (Å²) in [5, 5.41) is 5.36. The second-order valence-corrected chi connectivity index (χ2v) is 5.46. The Labute approximate surface area is 116 Å². The summed E-state index contributed by atoms with van der Waals surface area (Å²) >= 11 is 1.40. The van der Waals surface area contributed by atoms with E-state index in [1.807, 2.05) is 23.7 Å². The zero-order chi connectivity index (χ0) is 13.7. The molecule has 0 aliphatic carbocycles. The fraction of sp³-hybridized carbons (Fsp3) is 0.357. The Morgan fingerprint density at radius 3 is 2.95 bits per heavy atom. The first-order valence-electron chi connectivity index (χ1n) is 6.29. The third-order valence-corrected chi connectivity index (χ3v) is 3.59. The summed E-state index contributed by atoms with van der Waals surface area (Å²) in [4.78, 5) is 20.3. The minimum Gasteiger partial charge on any atom is -0.350 e. The van der Waals surface area contributed by atoms with E-state index in [9.17, 15) is 4.79 Å². The van der Waals surface area contributed by atoms with Gasteiger partial charge in [-0.05, 0) is 24.0 Å². The molecule has 5 heteroatoms. The molecular formula is C14H17N3OS. The van der Waals surface area contributed by atoms with Crippen molar-refractivity contribution < 1.29 is 4.79 Å². The number of nitrogens with one attached hydrogen (secondary N) is 1. The summed E-state index contributed by atoms with van der Waals surface area (Å²) in [6, 6.07) is 3.90. The van der Waals surface area contributed by atoms with E-state index in [-0.39, 0.29) is 5.91 Å². The fourth-order valence-corrected chi connectivity index (χ4v) is 2.49. The summed E-state index contributed by atoms with van der Waals surface area (Å²) in [5.74, 6) is 0.258. The third kappa shape index (κ3) is 3.86. The molecule has 2 heterocycles. The van der Waals surface area contributed by atoms with Gasteiger partial charge in [-0.15, -0.1) is 11.3 Å². The van der Waals surface area contributed by atoms with Crippen molar-refractivity contribution in [1.82, 2.24) is 15.3 Å². The maximum absolute atomic E-state index is 11.9. The van der Waals surface area contributed by atoms with Crippen LogP contribution in [0.1, 0.15) is 40.8 Å². The Balaban J connectivity index is 1.84. The van der Waals surface area contributed by atoms with Crippen LogP contribution in [-0.2, 0) is 6.42 Å². The number of nitrogens with zero attached hydrogens (tertiary/aromatic N) is 2. The van der Waals surface area contributed by atoms with Crippen molar-refractivity contribution in [2.24, 2.45) is 0 Å². The number of amides is 1. The molecule has 2 aromatic heterocycles. The van der Waals surface area contributed by atoms with Crippen molar-refractivity contribution in [3.8, 4) is 0 Å². The lowest BCUT2D eigenvalue weighted by atomic mass is 10.2. The highest BCUT2D eigenvalue weighted by Crippen LogP contribution is 2.17. The molecule has 4 nitrogen and oxygen atoms in total. The van der Waals surface area contributed by atoms with E-state index < -0.39 is 0 Å². The van der Waals surface area contributed by atoms with Gasteiger partial charge in [-0.3, -0.25) is 9.78 Å². The van der Waals surface area contributed by atoms with E-state index in [1.165, 1.54) is 11.3 Å². The van der Waals surface area contributed by atoms with Crippen LogP contribution in [0.25, 0.3) is 0 Å². The van der Waals surface area contributed by atoms with Crippen LogP contribution in [0.5, 0.6) is 0 Å². The Kier molecular flexibility index (Phi) is 4.63. The van der Waals surface area contributed by atoms with Crippen LogP contribution in [0.3, 0.4) is 0 Å². The van der Waals surface area contributed by atoms with Crippen LogP contribution in [0.2, 0.25) is 0 Å². The van der Waals surface area contributed by atoms with Gasteiger partial charge in [0.05, 0.1) is 5.69 Å². The van der Waals surface area contributed by atoms with Gasteiger partial charge in [0.1, 0.15) is 0 Å². The van der Waals surface area contributed by atoms with Gasteiger partial charge >= 0.3 is 0 Å². The minimum atomic E-state index is -0.0965. The first kappa shape index (κ1) is 13.7. The van der Waals surface area contributed by atoms with Gasteiger partial charge in [-0.25, -0.2) is 4.98 Å². The van der Waals surface area contributed by atoms with E-state index in [0.29, 0.717) is 17.5 Å². The summed E-state index contributed by atoms with van der Waals surface area (Å²) in [7, 11) is 0. The molecule has 0 aliphatic heterocycles. The van der Waals surface area contributed by atoms with Crippen LogP contribution in [0.15, 0.2) is 29.9 Å². The fourth-order valence-electron chi connectivity index (χ4n) is 1.60. The Morgan fingerprint density at radius 2 is 2.32 bits per heavy atom. The van der Waals surface area contributed by atoms with E-state index in [1.54, 1.807) is 6.20 Å².